The summed E-state index contributed by atoms with van der Waals surface area (Å²) in [6.07, 6.45) is 0.336. The molecule has 1 fully saturated rings. The fraction of sp³-hybridized carbons (Fsp3) is 0.500. The number of hydrogen-bond donors (Lipinski definition) is 2. The molecule has 0 saturated carbocycles. The first kappa shape index (κ1) is 17.1. The van der Waals surface area contributed by atoms with E-state index in [1.807, 2.05) is 24.3 Å². The molecule has 1 aromatic rings. The highest BCUT2D eigenvalue weighted by molar-refractivity contribution is 5.78. The molecule has 0 unspecified atom stereocenters. The van der Waals surface area contributed by atoms with Crippen LogP contribution in [0, 0.1) is 0 Å². The Morgan fingerprint density at radius 1 is 1.26 bits per heavy atom. The van der Waals surface area contributed by atoms with Gasteiger partial charge in [-0.1, -0.05) is 12.1 Å². The average molecular weight is 321 g/mol. The number of aliphatic carboxylic acids is 1. The van der Waals surface area contributed by atoms with Gasteiger partial charge in [0.05, 0.1) is 12.8 Å². The molecule has 1 aliphatic heterocycles. The summed E-state index contributed by atoms with van der Waals surface area (Å²) < 4.78 is 5.37. The van der Waals surface area contributed by atoms with Gasteiger partial charge < -0.3 is 25.4 Å². The highest BCUT2D eigenvalue weighted by Crippen LogP contribution is 2.28. The molecule has 0 aliphatic carbocycles. The number of carboxylic acids is 1. The Morgan fingerprint density at radius 3 is 2.52 bits per heavy atom. The van der Waals surface area contributed by atoms with Gasteiger partial charge in [-0.2, -0.15) is 0 Å². The number of benzene rings is 1. The van der Waals surface area contributed by atoms with E-state index in [-0.39, 0.29) is 18.7 Å². The van der Waals surface area contributed by atoms with Gasteiger partial charge >= 0.3 is 5.97 Å². The number of hydrogen-bond acceptors (Lipinski definition) is 5. The molecule has 1 aromatic carbocycles. The lowest BCUT2D eigenvalue weighted by Gasteiger charge is -2.36. The zero-order valence-corrected chi connectivity index (χ0v) is 13.3. The summed E-state index contributed by atoms with van der Waals surface area (Å²) in [6.45, 7) is 2.66. The van der Waals surface area contributed by atoms with Crippen LogP contribution in [0.25, 0.3) is 0 Å². The molecule has 1 heterocycles. The van der Waals surface area contributed by atoms with Crippen molar-refractivity contribution < 1.29 is 19.4 Å². The first-order chi connectivity index (χ1) is 11.0. The van der Waals surface area contributed by atoms with Crippen molar-refractivity contribution in [2.75, 3.05) is 38.2 Å². The number of nitrogens with two attached hydrogens (primary N) is 1. The van der Waals surface area contributed by atoms with Gasteiger partial charge in [0.25, 0.3) is 0 Å². The van der Waals surface area contributed by atoms with Crippen LogP contribution >= 0.6 is 0 Å². The molecule has 0 bridgehead atoms. The molecule has 7 nitrogen and oxygen atoms in total. The number of rotatable bonds is 6. The molecular formula is C16H23N3O4. The summed E-state index contributed by atoms with van der Waals surface area (Å²) in [5, 5.41) is 8.75. The summed E-state index contributed by atoms with van der Waals surface area (Å²) in [5.74, 6) is -0.292. The van der Waals surface area contributed by atoms with Crippen LogP contribution in [-0.2, 0) is 9.59 Å². The number of carbonyl (C=O) groups excluding carboxylic acids is 1. The van der Waals surface area contributed by atoms with Crippen molar-refractivity contribution in [2.45, 2.75) is 18.9 Å². The van der Waals surface area contributed by atoms with Gasteiger partial charge in [0.1, 0.15) is 11.8 Å². The molecule has 0 radical (unpaired) electrons. The maximum absolute atomic E-state index is 12.1. The molecule has 1 atom stereocenters. The van der Waals surface area contributed by atoms with Gasteiger partial charge in [-0.05, 0) is 18.6 Å². The number of methoxy groups -OCH3 is 1. The van der Waals surface area contributed by atoms with Gasteiger partial charge in [0.15, 0.2) is 0 Å². The molecule has 3 N–H and O–H groups in total. The first-order valence-electron chi connectivity index (χ1n) is 7.67. The molecule has 23 heavy (non-hydrogen) atoms. The van der Waals surface area contributed by atoms with E-state index in [4.69, 9.17) is 15.6 Å². The lowest BCUT2D eigenvalue weighted by molar-refractivity contribution is -0.139. The van der Waals surface area contributed by atoms with Crippen LogP contribution in [0.15, 0.2) is 24.3 Å². The average Bonchev–Trinajstić information content (AvgIpc) is 2.59. The highest BCUT2D eigenvalue weighted by atomic mass is 16.5. The van der Waals surface area contributed by atoms with Crippen LogP contribution in [0.3, 0.4) is 0 Å². The molecule has 1 saturated heterocycles. The molecule has 0 spiro atoms. The van der Waals surface area contributed by atoms with Gasteiger partial charge in [-0.3, -0.25) is 9.59 Å². The van der Waals surface area contributed by atoms with Gasteiger partial charge in [0, 0.05) is 32.6 Å². The van der Waals surface area contributed by atoms with Crippen LogP contribution < -0.4 is 15.4 Å². The Labute approximate surface area is 135 Å². The summed E-state index contributed by atoms with van der Waals surface area (Å²) in [5.41, 5.74) is 6.46. The summed E-state index contributed by atoms with van der Waals surface area (Å²) >= 11 is 0. The van der Waals surface area contributed by atoms with Crippen LogP contribution in [-0.4, -0.2) is 61.2 Å². The lowest BCUT2D eigenvalue weighted by Crippen LogP contribution is -2.49. The maximum atomic E-state index is 12.1. The minimum Gasteiger partial charge on any atom is -0.495 e. The minimum absolute atomic E-state index is 0.0404. The summed E-state index contributed by atoms with van der Waals surface area (Å²) in [4.78, 5) is 26.8. The Balaban J connectivity index is 1.86. The maximum Gasteiger partial charge on any atom is 0.320 e. The molecule has 126 valence electrons. The van der Waals surface area contributed by atoms with Crippen molar-refractivity contribution in [2.24, 2.45) is 5.73 Å². The Bertz CT molecular complexity index is 556. The summed E-state index contributed by atoms with van der Waals surface area (Å²) in [7, 11) is 1.64. The van der Waals surface area contributed by atoms with Crippen molar-refractivity contribution in [1.82, 2.24) is 4.90 Å². The standard InChI is InChI=1S/C16H23N3O4/c1-23-14-5-3-2-4-13(14)18-8-10-19(11-9-18)15(20)7-6-12(17)16(21)22/h2-5,12H,6-11,17H2,1H3,(H,21,22)/t12-/m0/s1. The van der Waals surface area contributed by atoms with Crippen molar-refractivity contribution >= 4 is 17.6 Å². The van der Waals surface area contributed by atoms with Crippen LogP contribution in [0.2, 0.25) is 0 Å². The van der Waals surface area contributed by atoms with Gasteiger partial charge in [0.2, 0.25) is 5.91 Å². The van der Waals surface area contributed by atoms with E-state index < -0.39 is 12.0 Å². The normalized spacial score (nSPS) is 16.1. The topological polar surface area (TPSA) is 96.1 Å². The van der Waals surface area contributed by atoms with Gasteiger partial charge in [-0.15, -0.1) is 0 Å². The Kier molecular flexibility index (Phi) is 5.81. The van der Waals surface area contributed by atoms with Crippen molar-refractivity contribution in [3.8, 4) is 5.75 Å². The molecule has 2 rings (SSSR count). The molecule has 1 amide bonds. The number of amides is 1. The fourth-order valence-corrected chi connectivity index (χ4v) is 2.65. The zero-order valence-electron chi connectivity index (χ0n) is 13.3. The number of carbonyl (C=O) groups is 2. The largest absolute Gasteiger partial charge is 0.495 e. The second kappa shape index (κ2) is 7.82. The summed E-state index contributed by atoms with van der Waals surface area (Å²) in [6, 6.07) is 6.83. The Morgan fingerprint density at radius 2 is 1.91 bits per heavy atom. The number of nitrogens with zero attached hydrogens (tertiary/aromatic N) is 2. The van der Waals surface area contributed by atoms with E-state index in [9.17, 15) is 9.59 Å². The molecule has 1 aliphatic rings. The number of para-hydroxylation sites is 2. The predicted molar refractivity (Wildman–Crippen MR) is 86.6 cm³/mol. The second-order valence-corrected chi connectivity index (χ2v) is 5.52. The van der Waals surface area contributed by atoms with Crippen molar-refractivity contribution in [3.63, 3.8) is 0 Å². The smallest absolute Gasteiger partial charge is 0.320 e. The minimum atomic E-state index is -1.07. The number of piperazine rings is 1. The second-order valence-electron chi connectivity index (χ2n) is 5.52. The zero-order chi connectivity index (χ0) is 16.8. The lowest BCUT2D eigenvalue weighted by atomic mass is 10.1. The first-order valence-corrected chi connectivity index (χ1v) is 7.67. The third-order valence-electron chi connectivity index (χ3n) is 4.04. The monoisotopic (exact) mass is 321 g/mol. The van der Waals surface area contributed by atoms with Crippen LogP contribution in [0.5, 0.6) is 5.75 Å². The molecular weight excluding hydrogens is 298 g/mol. The Hall–Kier alpha value is -2.28. The van der Waals surface area contributed by atoms with Crippen LogP contribution in [0.4, 0.5) is 5.69 Å². The third kappa shape index (κ3) is 4.35. The van der Waals surface area contributed by atoms with Crippen LogP contribution in [0.1, 0.15) is 12.8 Å². The molecule has 7 heteroatoms. The highest BCUT2D eigenvalue weighted by Gasteiger charge is 2.23. The number of anilines is 1. The van der Waals surface area contributed by atoms with E-state index in [0.29, 0.717) is 13.1 Å². The van der Waals surface area contributed by atoms with E-state index >= 15 is 0 Å². The molecule has 0 aromatic heterocycles. The number of ether oxygens (including phenoxy) is 1. The third-order valence-corrected chi connectivity index (χ3v) is 4.04. The SMILES string of the molecule is COc1ccccc1N1CCN(C(=O)CC[C@H](N)C(=O)O)CC1. The number of carboxylic acid groups (broad SMARTS) is 1. The van der Waals surface area contributed by atoms with Crippen molar-refractivity contribution in [1.29, 1.82) is 0 Å². The predicted octanol–water partition coefficient (Wildman–Crippen LogP) is 0.536. The van der Waals surface area contributed by atoms with Gasteiger partial charge in [-0.25, -0.2) is 0 Å². The van der Waals surface area contributed by atoms with E-state index in [0.717, 1.165) is 24.5 Å². The van der Waals surface area contributed by atoms with Crippen molar-refractivity contribution in [3.05, 3.63) is 24.3 Å². The quantitative estimate of drug-likeness (QED) is 0.794. The van der Waals surface area contributed by atoms with E-state index in [1.165, 1.54) is 0 Å². The van der Waals surface area contributed by atoms with E-state index in [1.54, 1.807) is 12.0 Å². The van der Waals surface area contributed by atoms with E-state index in [2.05, 4.69) is 4.90 Å². The fourth-order valence-electron chi connectivity index (χ4n) is 2.65.